The van der Waals surface area contributed by atoms with E-state index in [2.05, 4.69) is 20.8 Å². The summed E-state index contributed by atoms with van der Waals surface area (Å²) in [6.07, 6.45) is -4.57. The summed E-state index contributed by atoms with van der Waals surface area (Å²) >= 11 is 0. The van der Waals surface area contributed by atoms with Crippen LogP contribution in [0.4, 0.5) is 24.9 Å². The summed E-state index contributed by atoms with van der Waals surface area (Å²) in [6, 6.07) is 3.02. The number of hydrogen-bond acceptors (Lipinski definition) is 5. The van der Waals surface area contributed by atoms with Crippen LogP contribution < -0.4 is 10.6 Å². The van der Waals surface area contributed by atoms with Crippen molar-refractivity contribution in [3.63, 3.8) is 0 Å². The fourth-order valence-corrected chi connectivity index (χ4v) is 1.65. The van der Waals surface area contributed by atoms with Gasteiger partial charge in [-0.2, -0.15) is 13.2 Å². The van der Waals surface area contributed by atoms with Crippen LogP contribution in [0.3, 0.4) is 0 Å². The zero-order valence-electron chi connectivity index (χ0n) is 11.1. The molecule has 112 valence electrons. The van der Waals surface area contributed by atoms with Gasteiger partial charge in [0.1, 0.15) is 0 Å². The van der Waals surface area contributed by atoms with Gasteiger partial charge in [0.05, 0.1) is 5.56 Å². The van der Waals surface area contributed by atoms with Crippen molar-refractivity contribution in [2.45, 2.75) is 13.1 Å². The fraction of sp³-hybridized carbons (Fsp3) is 0.250. The molecule has 1 aromatic heterocycles. The molecule has 0 saturated heterocycles. The summed E-state index contributed by atoms with van der Waals surface area (Å²) in [6.45, 7) is 1.52. The molecular formula is C12H11F3N4O2. The van der Waals surface area contributed by atoms with Crippen LogP contribution >= 0.6 is 0 Å². The zero-order valence-corrected chi connectivity index (χ0v) is 11.1. The highest BCUT2D eigenvalue weighted by Gasteiger charge is 2.34. The highest BCUT2D eigenvalue weighted by molar-refractivity contribution is 6.03. The maximum atomic E-state index is 12.9. The first kappa shape index (κ1) is 14.8. The van der Waals surface area contributed by atoms with Crippen LogP contribution in [0, 0.1) is 6.92 Å². The van der Waals surface area contributed by atoms with Crippen LogP contribution in [0.2, 0.25) is 0 Å². The molecule has 0 spiro atoms. The van der Waals surface area contributed by atoms with E-state index in [0.29, 0.717) is 0 Å². The molecule has 0 unspecified atom stereocenters. The fourth-order valence-electron chi connectivity index (χ4n) is 1.65. The van der Waals surface area contributed by atoms with Crippen molar-refractivity contribution >= 4 is 17.6 Å². The van der Waals surface area contributed by atoms with Crippen molar-refractivity contribution in [1.29, 1.82) is 0 Å². The number of carbonyl (C=O) groups excluding carboxylic acids is 1. The van der Waals surface area contributed by atoms with E-state index < -0.39 is 17.6 Å². The minimum Gasteiger partial charge on any atom is -0.408 e. The molecule has 2 aromatic rings. The van der Waals surface area contributed by atoms with Crippen LogP contribution in [-0.4, -0.2) is 23.2 Å². The van der Waals surface area contributed by atoms with Gasteiger partial charge in [-0.3, -0.25) is 10.1 Å². The molecule has 0 radical (unpaired) electrons. The van der Waals surface area contributed by atoms with Crippen molar-refractivity contribution in [1.82, 2.24) is 10.2 Å². The first-order valence-electron chi connectivity index (χ1n) is 5.81. The molecule has 0 aliphatic heterocycles. The summed E-state index contributed by atoms with van der Waals surface area (Å²) in [5, 5.41) is 11.7. The largest absolute Gasteiger partial charge is 0.418 e. The number of benzene rings is 1. The van der Waals surface area contributed by atoms with Crippen LogP contribution in [0.25, 0.3) is 0 Å². The average molecular weight is 300 g/mol. The monoisotopic (exact) mass is 300 g/mol. The third-order valence-electron chi connectivity index (χ3n) is 2.60. The SMILES string of the molecule is CNc1ccc(C(=O)Nc2nnc(C)o2)cc1C(F)(F)F. The van der Waals surface area contributed by atoms with Crippen LogP contribution in [0.15, 0.2) is 22.6 Å². The lowest BCUT2D eigenvalue weighted by molar-refractivity contribution is -0.136. The lowest BCUT2D eigenvalue weighted by Crippen LogP contribution is -2.15. The van der Waals surface area contributed by atoms with Gasteiger partial charge in [0.15, 0.2) is 0 Å². The predicted octanol–water partition coefficient (Wildman–Crippen LogP) is 2.69. The maximum Gasteiger partial charge on any atom is 0.418 e. The Morgan fingerprint density at radius 1 is 1.29 bits per heavy atom. The second kappa shape index (κ2) is 5.43. The van der Waals surface area contributed by atoms with Gasteiger partial charge in [-0.25, -0.2) is 0 Å². The van der Waals surface area contributed by atoms with Gasteiger partial charge >= 0.3 is 12.2 Å². The molecule has 0 atom stereocenters. The van der Waals surface area contributed by atoms with Gasteiger partial charge < -0.3 is 9.73 Å². The number of rotatable bonds is 3. The second-order valence-corrected chi connectivity index (χ2v) is 4.09. The minimum absolute atomic E-state index is 0.118. The molecule has 9 heteroatoms. The highest BCUT2D eigenvalue weighted by atomic mass is 19.4. The number of nitrogens with zero attached hydrogens (tertiary/aromatic N) is 2. The molecule has 0 saturated carbocycles. The Balaban J connectivity index is 2.29. The van der Waals surface area contributed by atoms with Crippen LogP contribution in [0.1, 0.15) is 21.8 Å². The van der Waals surface area contributed by atoms with Gasteiger partial charge in [-0.15, -0.1) is 5.10 Å². The number of nitrogens with one attached hydrogen (secondary N) is 2. The van der Waals surface area contributed by atoms with Crippen molar-refractivity contribution in [2.75, 3.05) is 17.7 Å². The molecule has 21 heavy (non-hydrogen) atoms. The van der Waals surface area contributed by atoms with Crippen LogP contribution in [0.5, 0.6) is 0 Å². The van der Waals surface area contributed by atoms with E-state index in [-0.39, 0.29) is 23.2 Å². The number of hydrogen-bond donors (Lipinski definition) is 2. The van der Waals surface area contributed by atoms with E-state index in [1.165, 1.54) is 26.1 Å². The van der Waals surface area contributed by atoms with Gasteiger partial charge in [-0.1, -0.05) is 5.10 Å². The highest BCUT2D eigenvalue weighted by Crippen LogP contribution is 2.35. The Kier molecular flexibility index (Phi) is 3.83. The van der Waals surface area contributed by atoms with Gasteiger partial charge in [-0.05, 0) is 18.2 Å². The Bertz CT molecular complexity index is 667. The van der Waals surface area contributed by atoms with E-state index >= 15 is 0 Å². The number of anilines is 2. The van der Waals surface area contributed by atoms with Crippen molar-refractivity contribution in [3.05, 3.63) is 35.2 Å². The van der Waals surface area contributed by atoms with Gasteiger partial charge in [0.2, 0.25) is 5.89 Å². The van der Waals surface area contributed by atoms with E-state index in [1.54, 1.807) is 0 Å². The summed E-state index contributed by atoms with van der Waals surface area (Å²) in [4.78, 5) is 11.9. The van der Waals surface area contributed by atoms with Gasteiger partial charge in [0, 0.05) is 25.2 Å². The third kappa shape index (κ3) is 3.30. The Morgan fingerprint density at radius 2 is 2.00 bits per heavy atom. The number of halogens is 3. The Morgan fingerprint density at radius 3 is 2.52 bits per heavy atom. The third-order valence-corrected chi connectivity index (χ3v) is 2.60. The zero-order chi connectivity index (χ0) is 15.6. The number of aromatic nitrogens is 2. The summed E-state index contributed by atoms with van der Waals surface area (Å²) in [7, 11) is 1.37. The first-order valence-corrected chi connectivity index (χ1v) is 5.81. The Labute approximate surface area is 117 Å². The van der Waals surface area contributed by atoms with E-state index in [9.17, 15) is 18.0 Å². The van der Waals surface area contributed by atoms with Crippen molar-refractivity contribution in [2.24, 2.45) is 0 Å². The molecule has 1 aromatic carbocycles. The number of aryl methyl sites for hydroxylation is 1. The van der Waals surface area contributed by atoms with Crippen LogP contribution in [-0.2, 0) is 6.18 Å². The molecule has 1 amide bonds. The molecule has 0 aliphatic rings. The van der Waals surface area contributed by atoms with E-state index in [0.717, 1.165) is 6.07 Å². The molecule has 2 rings (SSSR count). The van der Waals surface area contributed by atoms with E-state index in [1.807, 2.05) is 0 Å². The smallest absolute Gasteiger partial charge is 0.408 e. The quantitative estimate of drug-likeness (QED) is 0.911. The molecular weight excluding hydrogens is 289 g/mol. The van der Waals surface area contributed by atoms with E-state index in [4.69, 9.17) is 4.42 Å². The molecule has 0 bridgehead atoms. The van der Waals surface area contributed by atoms with Crippen molar-refractivity contribution in [3.8, 4) is 0 Å². The summed E-state index contributed by atoms with van der Waals surface area (Å²) < 4.78 is 43.6. The molecule has 6 nitrogen and oxygen atoms in total. The first-order chi connectivity index (χ1) is 9.81. The standard InChI is InChI=1S/C12H11F3N4O2/c1-6-18-19-11(21-6)17-10(20)7-3-4-9(16-2)8(5-7)12(13,14)15/h3-5,16H,1-2H3,(H,17,19,20). The predicted molar refractivity (Wildman–Crippen MR) is 68.0 cm³/mol. The van der Waals surface area contributed by atoms with Gasteiger partial charge in [0.25, 0.3) is 5.91 Å². The Hall–Kier alpha value is -2.58. The summed E-state index contributed by atoms with van der Waals surface area (Å²) in [5.74, 6) is -0.543. The normalized spacial score (nSPS) is 11.3. The van der Waals surface area contributed by atoms with Crippen molar-refractivity contribution < 1.29 is 22.4 Å². The lowest BCUT2D eigenvalue weighted by Gasteiger charge is -2.13. The topological polar surface area (TPSA) is 80.0 Å². The molecule has 1 heterocycles. The molecule has 0 fully saturated rings. The second-order valence-electron chi connectivity index (χ2n) is 4.09. The number of alkyl halides is 3. The number of amides is 1. The average Bonchev–Trinajstić information content (AvgIpc) is 2.82. The summed E-state index contributed by atoms with van der Waals surface area (Å²) in [5.41, 5.74) is -1.22. The lowest BCUT2D eigenvalue weighted by atomic mass is 10.1. The molecule has 2 N–H and O–H groups in total. The molecule has 0 aliphatic carbocycles. The minimum atomic E-state index is -4.57. The number of carbonyl (C=O) groups is 1. The maximum absolute atomic E-state index is 12.9.